The van der Waals surface area contributed by atoms with E-state index in [-0.39, 0.29) is 5.91 Å². The highest BCUT2D eigenvalue weighted by Gasteiger charge is 2.12. The topological polar surface area (TPSA) is 59.8 Å². The van der Waals surface area contributed by atoms with E-state index >= 15 is 0 Å². The lowest BCUT2D eigenvalue weighted by Crippen LogP contribution is -2.13. The van der Waals surface area contributed by atoms with E-state index < -0.39 is 0 Å². The smallest absolute Gasteiger partial charge is 0.256 e. The molecule has 2 aromatic carbocycles. The van der Waals surface area contributed by atoms with Crippen molar-refractivity contribution in [3.8, 4) is 5.69 Å². The second kappa shape index (κ2) is 6.52. The number of halogens is 2. The molecule has 0 saturated carbocycles. The summed E-state index contributed by atoms with van der Waals surface area (Å²) in [6, 6.07) is 10.8. The Morgan fingerprint density at radius 2 is 1.91 bits per heavy atom. The Morgan fingerprint density at radius 3 is 2.61 bits per heavy atom. The molecule has 0 atom stereocenters. The lowest BCUT2D eigenvalue weighted by atomic mass is 10.1. The molecule has 116 valence electrons. The average molecular weight is 392 g/mol. The zero-order chi connectivity index (χ0) is 16.4. The predicted octanol–water partition coefficient (Wildman–Crippen LogP) is 4.24. The molecule has 23 heavy (non-hydrogen) atoms. The van der Waals surface area contributed by atoms with Crippen molar-refractivity contribution in [2.75, 3.05) is 5.32 Å². The Bertz CT molecular complexity index is 865. The molecule has 0 aliphatic rings. The largest absolute Gasteiger partial charge is 0.322 e. The van der Waals surface area contributed by atoms with Gasteiger partial charge in [0.2, 0.25) is 0 Å². The van der Waals surface area contributed by atoms with Crippen molar-refractivity contribution in [2.45, 2.75) is 6.92 Å². The number of carbonyl (C=O) groups is 1. The number of anilines is 1. The van der Waals surface area contributed by atoms with Gasteiger partial charge in [-0.15, -0.1) is 10.2 Å². The first-order chi connectivity index (χ1) is 11.0. The van der Waals surface area contributed by atoms with Crippen LogP contribution in [0.2, 0.25) is 5.02 Å². The minimum absolute atomic E-state index is 0.230. The first kappa shape index (κ1) is 15.7. The van der Waals surface area contributed by atoms with E-state index in [0.717, 1.165) is 11.3 Å². The van der Waals surface area contributed by atoms with Gasteiger partial charge in [-0.1, -0.05) is 17.7 Å². The standard InChI is InChI=1S/C16H12BrClN4O/c1-10-2-3-11(6-15(10)18)21-16(23)13-7-12(4-5-14(13)17)22-8-19-20-9-22/h2-9H,1H3,(H,21,23). The number of aryl methyl sites for hydroxylation is 1. The van der Waals surface area contributed by atoms with E-state index in [2.05, 4.69) is 31.4 Å². The highest BCUT2D eigenvalue weighted by Crippen LogP contribution is 2.24. The van der Waals surface area contributed by atoms with Gasteiger partial charge in [-0.2, -0.15) is 0 Å². The minimum Gasteiger partial charge on any atom is -0.322 e. The minimum atomic E-state index is -0.230. The van der Waals surface area contributed by atoms with E-state index in [1.807, 2.05) is 31.2 Å². The summed E-state index contributed by atoms with van der Waals surface area (Å²) >= 11 is 9.50. The molecule has 1 amide bonds. The summed E-state index contributed by atoms with van der Waals surface area (Å²) in [5.41, 5.74) is 2.91. The van der Waals surface area contributed by atoms with Gasteiger partial charge in [-0.05, 0) is 58.7 Å². The fraction of sp³-hybridized carbons (Fsp3) is 0.0625. The third kappa shape index (κ3) is 3.43. The Hall–Kier alpha value is -2.18. The highest BCUT2D eigenvalue weighted by molar-refractivity contribution is 9.10. The lowest BCUT2D eigenvalue weighted by molar-refractivity contribution is 0.102. The van der Waals surface area contributed by atoms with Crippen molar-refractivity contribution in [1.29, 1.82) is 0 Å². The molecule has 7 heteroatoms. The Balaban J connectivity index is 1.89. The van der Waals surface area contributed by atoms with E-state index in [1.54, 1.807) is 29.4 Å². The Labute approximate surface area is 146 Å². The fourth-order valence-electron chi connectivity index (χ4n) is 2.05. The van der Waals surface area contributed by atoms with Crippen LogP contribution in [-0.4, -0.2) is 20.7 Å². The molecule has 0 aliphatic carbocycles. The third-order valence-electron chi connectivity index (χ3n) is 3.34. The zero-order valence-electron chi connectivity index (χ0n) is 12.1. The van der Waals surface area contributed by atoms with Crippen LogP contribution in [0.25, 0.3) is 5.69 Å². The van der Waals surface area contributed by atoms with Gasteiger partial charge in [0.15, 0.2) is 0 Å². The number of amides is 1. The molecular formula is C16H12BrClN4O. The second-order valence-electron chi connectivity index (χ2n) is 4.95. The quantitative estimate of drug-likeness (QED) is 0.726. The summed E-state index contributed by atoms with van der Waals surface area (Å²) < 4.78 is 2.43. The van der Waals surface area contributed by atoms with Gasteiger partial charge in [0.25, 0.3) is 5.91 Å². The summed E-state index contributed by atoms with van der Waals surface area (Å²) in [5.74, 6) is -0.230. The van der Waals surface area contributed by atoms with Crippen LogP contribution in [0, 0.1) is 6.92 Å². The Morgan fingerprint density at radius 1 is 1.17 bits per heavy atom. The first-order valence-corrected chi connectivity index (χ1v) is 7.94. The summed E-state index contributed by atoms with van der Waals surface area (Å²) in [4.78, 5) is 12.5. The summed E-state index contributed by atoms with van der Waals surface area (Å²) in [6.07, 6.45) is 3.15. The molecule has 1 aromatic heterocycles. The van der Waals surface area contributed by atoms with E-state index in [4.69, 9.17) is 11.6 Å². The second-order valence-corrected chi connectivity index (χ2v) is 6.21. The lowest BCUT2D eigenvalue weighted by Gasteiger charge is -2.10. The van der Waals surface area contributed by atoms with Crippen molar-refractivity contribution in [1.82, 2.24) is 14.8 Å². The van der Waals surface area contributed by atoms with Crippen LogP contribution < -0.4 is 5.32 Å². The number of rotatable bonds is 3. The maximum atomic E-state index is 12.5. The number of nitrogens with zero attached hydrogens (tertiary/aromatic N) is 3. The van der Waals surface area contributed by atoms with Gasteiger partial charge in [-0.25, -0.2) is 0 Å². The average Bonchev–Trinajstić information content (AvgIpc) is 3.06. The van der Waals surface area contributed by atoms with Gasteiger partial charge in [0.05, 0.1) is 5.56 Å². The van der Waals surface area contributed by atoms with Crippen molar-refractivity contribution in [3.05, 3.63) is 69.7 Å². The molecule has 3 aromatic rings. The molecule has 3 rings (SSSR count). The van der Waals surface area contributed by atoms with Crippen LogP contribution in [0.15, 0.2) is 53.5 Å². The molecule has 1 N–H and O–H groups in total. The predicted molar refractivity (Wildman–Crippen MR) is 93.2 cm³/mol. The van der Waals surface area contributed by atoms with Gasteiger partial charge >= 0.3 is 0 Å². The molecule has 0 fully saturated rings. The molecule has 0 saturated heterocycles. The number of carbonyl (C=O) groups excluding carboxylic acids is 1. The molecule has 1 heterocycles. The zero-order valence-corrected chi connectivity index (χ0v) is 14.5. The monoisotopic (exact) mass is 390 g/mol. The normalized spacial score (nSPS) is 10.6. The third-order valence-corrected chi connectivity index (χ3v) is 4.44. The van der Waals surface area contributed by atoms with E-state index in [9.17, 15) is 4.79 Å². The summed E-state index contributed by atoms with van der Waals surface area (Å²) in [6.45, 7) is 1.91. The van der Waals surface area contributed by atoms with Crippen molar-refractivity contribution in [3.63, 3.8) is 0 Å². The molecule has 0 bridgehead atoms. The molecule has 0 unspecified atom stereocenters. The molecule has 0 radical (unpaired) electrons. The van der Waals surface area contributed by atoms with Crippen LogP contribution in [0.1, 0.15) is 15.9 Å². The first-order valence-electron chi connectivity index (χ1n) is 6.76. The number of hydrogen-bond donors (Lipinski definition) is 1. The van der Waals surface area contributed by atoms with Gasteiger partial charge in [0.1, 0.15) is 12.7 Å². The molecular weight excluding hydrogens is 380 g/mol. The van der Waals surface area contributed by atoms with Crippen LogP contribution >= 0.6 is 27.5 Å². The number of benzene rings is 2. The molecule has 0 spiro atoms. The number of aromatic nitrogens is 3. The highest BCUT2D eigenvalue weighted by atomic mass is 79.9. The maximum Gasteiger partial charge on any atom is 0.256 e. The van der Waals surface area contributed by atoms with Crippen molar-refractivity contribution < 1.29 is 4.79 Å². The fourth-order valence-corrected chi connectivity index (χ4v) is 2.66. The van der Waals surface area contributed by atoms with E-state index in [1.165, 1.54) is 0 Å². The summed E-state index contributed by atoms with van der Waals surface area (Å²) in [5, 5.41) is 11.0. The van der Waals surface area contributed by atoms with Crippen LogP contribution in [0.3, 0.4) is 0 Å². The number of hydrogen-bond acceptors (Lipinski definition) is 3. The van der Waals surface area contributed by atoms with Gasteiger partial charge in [-0.3, -0.25) is 9.36 Å². The number of nitrogens with one attached hydrogen (secondary N) is 1. The van der Waals surface area contributed by atoms with Crippen LogP contribution in [0.5, 0.6) is 0 Å². The Kier molecular flexibility index (Phi) is 4.45. The van der Waals surface area contributed by atoms with E-state index in [0.29, 0.717) is 20.7 Å². The van der Waals surface area contributed by atoms with Crippen molar-refractivity contribution >= 4 is 39.1 Å². The SMILES string of the molecule is Cc1ccc(NC(=O)c2cc(-n3cnnc3)ccc2Br)cc1Cl. The summed E-state index contributed by atoms with van der Waals surface area (Å²) in [7, 11) is 0. The van der Waals surface area contributed by atoms with Crippen LogP contribution in [0.4, 0.5) is 5.69 Å². The molecule has 5 nitrogen and oxygen atoms in total. The van der Waals surface area contributed by atoms with Gasteiger partial charge in [0, 0.05) is 20.9 Å². The van der Waals surface area contributed by atoms with Crippen molar-refractivity contribution in [2.24, 2.45) is 0 Å². The van der Waals surface area contributed by atoms with Gasteiger partial charge < -0.3 is 5.32 Å². The van der Waals surface area contributed by atoms with Crippen LogP contribution in [-0.2, 0) is 0 Å². The maximum absolute atomic E-state index is 12.5. The molecule has 0 aliphatic heterocycles.